The first-order valence-electron chi connectivity index (χ1n) is 8.82. The molecule has 0 atom stereocenters. The fourth-order valence-corrected chi connectivity index (χ4v) is 4.19. The van der Waals surface area contributed by atoms with Crippen LogP contribution in [0.3, 0.4) is 0 Å². The van der Waals surface area contributed by atoms with Crippen LogP contribution in [0.25, 0.3) is 6.08 Å². The minimum Gasteiger partial charge on any atom is -0.384 e. The average Bonchev–Trinajstić information content (AvgIpc) is 3.07. The van der Waals surface area contributed by atoms with Crippen molar-refractivity contribution in [1.29, 1.82) is 5.26 Å². The van der Waals surface area contributed by atoms with Gasteiger partial charge in [0, 0.05) is 37.0 Å². The number of anilines is 1. The molecule has 8 heteroatoms. The number of nitriles is 1. The van der Waals surface area contributed by atoms with Crippen LogP contribution >= 0.6 is 11.3 Å². The number of nitrogens with zero attached hydrogens (tertiary/aromatic N) is 3. The highest BCUT2D eigenvalue weighted by Gasteiger charge is 2.27. The number of hydrogen-bond acceptors (Lipinski definition) is 6. The maximum atomic E-state index is 12.3. The third-order valence-corrected chi connectivity index (χ3v) is 5.52. The second kappa shape index (κ2) is 9.26. The van der Waals surface area contributed by atoms with E-state index in [0.717, 1.165) is 16.0 Å². The topological polar surface area (TPSA) is 95.3 Å². The van der Waals surface area contributed by atoms with Gasteiger partial charge in [0.1, 0.15) is 11.1 Å². The summed E-state index contributed by atoms with van der Waals surface area (Å²) in [5, 5.41) is 12.9. The lowest BCUT2D eigenvalue weighted by molar-refractivity contribution is -0.133. The van der Waals surface area contributed by atoms with Crippen LogP contribution in [0.1, 0.15) is 28.0 Å². The van der Waals surface area contributed by atoms with Crippen molar-refractivity contribution >= 4 is 34.2 Å². The van der Waals surface area contributed by atoms with Crippen molar-refractivity contribution in [1.82, 2.24) is 9.88 Å². The van der Waals surface area contributed by atoms with E-state index in [4.69, 9.17) is 4.74 Å². The first-order valence-corrected chi connectivity index (χ1v) is 9.64. The number of amides is 2. The Bertz CT molecular complexity index is 931. The molecule has 28 heavy (non-hydrogen) atoms. The molecule has 0 aliphatic carbocycles. The van der Waals surface area contributed by atoms with Gasteiger partial charge in [-0.25, -0.2) is 0 Å². The number of hydrogen-bond donors (Lipinski definition) is 1. The van der Waals surface area contributed by atoms with Crippen molar-refractivity contribution in [2.75, 3.05) is 25.6 Å². The van der Waals surface area contributed by atoms with Crippen molar-refractivity contribution in [2.45, 2.75) is 19.4 Å². The number of fused-ring (bicyclic) bond motifs is 1. The summed E-state index contributed by atoms with van der Waals surface area (Å²) in [5.74, 6) is -0.281. The van der Waals surface area contributed by atoms with Crippen LogP contribution in [-0.2, 0) is 27.3 Å². The molecule has 0 saturated carbocycles. The fourth-order valence-electron chi connectivity index (χ4n) is 2.97. The first-order chi connectivity index (χ1) is 13.6. The molecule has 0 unspecified atom stereocenters. The van der Waals surface area contributed by atoms with Crippen molar-refractivity contribution in [3.05, 3.63) is 52.2 Å². The number of thiophene rings is 1. The van der Waals surface area contributed by atoms with Crippen molar-refractivity contribution < 1.29 is 14.3 Å². The lowest BCUT2D eigenvalue weighted by atomic mass is 10.0. The normalized spacial score (nSPS) is 13.2. The molecule has 3 rings (SSSR count). The Morgan fingerprint density at radius 3 is 3.07 bits per heavy atom. The maximum Gasteiger partial charge on any atom is 0.249 e. The van der Waals surface area contributed by atoms with Gasteiger partial charge in [0.15, 0.2) is 0 Å². The van der Waals surface area contributed by atoms with Gasteiger partial charge in [0.25, 0.3) is 0 Å². The molecule has 144 valence electrons. The summed E-state index contributed by atoms with van der Waals surface area (Å²) < 4.78 is 4.97. The molecule has 2 aromatic heterocycles. The summed E-state index contributed by atoms with van der Waals surface area (Å²) in [4.78, 5) is 31.2. The number of carbonyl (C=O) groups excluding carboxylic acids is 2. The number of aromatic nitrogens is 1. The smallest absolute Gasteiger partial charge is 0.249 e. The van der Waals surface area contributed by atoms with E-state index in [0.29, 0.717) is 43.1 Å². The van der Waals surface area contributed by atoms with Crippen molar-refractivity contribution in [3.63, 3.8) is 0 Å². The standard InChI is InChI=1S/C20H20N4O3S/c1-27-10-7-19(26)24-9-6-15-16(11-21)20(28-17(15)13-24)23-18(25)5-4-14-3-2-8-22-12-14/h2-5,8,12H,6-7,9-10,13H2,1H3,(H,23,25)/b5-4+. The van der Waals surface area contributed by atoms with Crippen LogP contribution in [0.4, 0.5) is 5.00 Å². The molecule has 2 amide bonds. The minimum absolute atomic E-state index is 0.0318. The summed E-state index contributed by atoms with van der Waals surface area (Å²) in [7, 11) is 1.57. The molecule has 1 aliphatic rings. The largest absolute Gasteiger partial charge is 0.384 e. The summed E-state index contributed by atoms with van der Waals surface area (Å²) in [6.07, 6.45) is 7.34. The molecule has 0 spiro atoms. The van der Waals surface area contributed by atoms with Crippen LogP contribution in [0.5, 0.6) is 0 Å². The quantitative estimate of drug-likeness (QED) is 0.757. The number of ether oxygens (including phenoxy) is 1. The highest BCUT2D eigenvalue weighted by molar-refractivity contribution is 7.16. The summed E-state index contributed by atoms with van der Waals surface area (Å²) in [6.45, 7) is 1.41. The second-order valence-corrected chi connectivity index (χ2v) is 7.34. The molecule has 7 nitrogen and oxygen atoms in total. The Labute approximate surface area is 167 Å². The van der Waals surface area contributed by atoms with E-state index in [9.17, 15) is 14.9 Å². The Morgan fingerprint density at radius 2 is 2.36 bits per heavy atom. The van der Waals surface area contributed by atoms with Crippen LogP contribution in [0.2, 0.25) is 0 Å². The molecule has 1 aliphatic heterocycles. The van der Waals surface area contributed by atoms with E-state index in [1.165, 1.54) is 17.4 Å². The number of nitrogens with one attached hydrogen (secondary N) is 1. The molecular weight excluding hydrogens is 376 g/mol. The maximum absolute atomic E-state index is 12.3. The van der Waals surface area contributed by atoms with Crippen molar-refractivity contribution in [3.8, 4) is 6.07 Å². The van der Waals surface area contributed by atoms with Crippen molar-refractivity contribution in [2.24, 2.45) is 0 Å². The molecule has 0 bridgehead atoms. The molecule has 3 heterocycles. The third-order valence-electron chi connectivity index (χ3n) is 4.39. The molecule has 0 aromatic carbocycles. The zero-order chi connectivity index (χ0) is 19.9. The predicted molar refractivity (Wildman–Crippen MR) is 107 cm³/mol. The Balaban J connectivity index is 1.71. The number of rotatable bonds is 6. The van der Waals surface area contributed by atoms with Gasteiger partial charge < -0.3 is 15.0 Å². The Kier molecular flexibility index (Phi) is 6.53. The highest BCUT2D eigenvalue weighted by Crippen LogP contribution is 2.36. The Morgan fingerprint density at radius 1 is 1.50 bits per heavy atom. The highest BCUT2D eigenvalue weighted by atomic mass is 32.1. The molecule has 0 radical (unpaired) electrons. The van der Waals surface area contributed by atoms with Gasteiger partial charge in [0.05, 0.1) is 25.1 Å². The zero-order valence-electron chi connectivity index (χ0n) is 15.5. The number of pyridine rings is 1. The molecule has 2 aromatic rings. The van der Waals surface area contributed by atoms with Gasteiger partial charge in [-0.2, -0.15) is 5.26 Å². The second-order valence-electron chi connectivity index (χ2n) is 6.24. The summed E-state index contributed by atoms with van der Waals surface area (Å²) in [6, 6.07) is 5.83. The zero-order valence-corrected chi connectivity index (χ0v) is 16.3. The van der Waals surface area contributed by atoms with E-state index in [-0.39, 0.29) is 11.8 Å². The summed E-state index contributed by atoms with van der Waals surface area (Å²) in [5.41, 5.74) is 2.23. The van der Waals surface area contributed by atoms with Crippen LogP contribution in [0, 0.1) is 11.3 Å². The average molecular weight is 396 g/mol. The van der Waals surface area contributed by atoms with Gasteiger partial charge >= 0.3 is 0 Å². The van der Waals surface area contributed by atoms with Gasteiger partial charge in [-0.15, -0.1) is 11.3 Å². The van der Waals surface area contributed by atoms with E-state index in [2.05, 4.69) is 16.4 Å². The van der Waals surface area contributed by atoms with Crippen LogP contribution in [0.15, 0.2) is 30.6 Å². The SMILES string of the molecule is COCCC(=O)N1CCc2c(sc(NC(=O)/C=C/c3cccnc3)c2C#N)C1. The molecular formula is C20H20N4O3S. The van der Waals surface area contributed by atoms with E-state index >= 15 is 0 Å². The van der Waals surface area contributed by atoms with Gasteiger partial charge in [-0.1, -0.05) is 6.07 Å². The van der Waals surface area contributed by atoms with Gasteiger partial charge in [0.2, 0.25) is 11.8 Å². The van der Waals surface area contributed by atoms with E-state index < -0.39 is 0 Å². The number of carbonyl (C=O) groups is 2. The number of methoxy groups -OCH3 is 1. The lowest BCUT2D eigenvalue weighted by Crippen LogP contribution is -2.35. The Hall–Kier alpha value is -3.02. The minimum atomic E-state index is -0.313. The molecule has 1 N–H and O–H groups in total. The molecule has 0 fully saturated rings. The first kappa shape index (κ1) is 19.7. The predicted octanol–water partition coefficient (Wildman–Crippen LogP) is 2.59. The monoisotopic (exact) mass is 396 g/mol. The van der Waals surface area contributed by atoms with Crippen LogP contribution in [-0.4, -0.2) is 42.0 Å². The fraction of sp³-hybridized carbons (Fsp3) is 0.300. The third kappa shape index (κ3) is 4.63. The van der Waals surface area contributed by atoms with Gasteiger partial charge in [-0.05, 0) is 29.7 Å². The van der Waals surface area contributed by atoms with E-state index in [1.807, 2.05) is 6.07 Å². The van der Waals surface area contributed by atoms with Gasteiger partial charge in [-0.3, -0.25) is 14.6 Å². The summed E-state index contributed by atoms with van der Waals surface area (Å²) >= 11 is 1.36. The van der Waals surface area contributed by atoms with Crippen LogP contribution < -0.4 is 5.32 Å². The lowest BCUT2D eigenvalue weighted by Gasteiger charge is -2.27. The molecule has 0 saturated heterocycles. The van der Waals surface area contributed by atoms with E-state index in [1.54, 1.807) is 36.5 Å².